The first kappa shape index (κ1) is 13.3. The van der Waals surface area contributed by atoms with Gasteiger partial charge >= 0.3 is 0 Å². The van der Waals surface area contributed by atoms with Crippen molar-refractivity contribution in [1.82, 2.24) is 15.5 Å². The van der Waals surface area contributed by atoms with Gasteiger partial charge in [0.15, 0.2) is 5.82 Å². The zero-order chi connectivity index (χ0) is 14.2. The van der Waals surface area contributed by atoms with E-state index in [1.165, 1.54) is 6.20 Å². The van der Waals surface area contributed by atoms with E-state index < -0.39 is 17.4 Å². The number of anilines is 1. The van der Waals surface area contributed by atoms with Crippen LogP contribution < -0.4 is 16.0 Å². The molecule has 19 heavy (non-hydrogen) atoms. The molecule has 1 aromatic rings. The fourth-order valence-corrected chi connectivity index (χ4v) is 2.00. The lowest BCUT2D eigenvalue weighted by molar-refractivity contribution is -0.135. The van der Waals surface area contributed by atoms with Gasteiger partial charge in [-0.1, -0.05) is 12.2 Å². The normalized spacial score (nSPS) is 18.1. The van der Waals surface area contributed by atoms with Crippen molar-refractivity contribution >= 4 is 34.8 Å². The summed E-state index contributed by atoms with van der Waals surface area (Å²) in [6.45, 7) is 3.37. The van der Waals surface area contributed by atoms with E-state index in [0.29, 0.717) is 11.4 Å². The van der Waals surface area contributed by atoms with E-state index in [4.69, 9.17) is 18.0 Å². The standard InChI is InChI=1S/C11H13N5O2S/c1-11(2)10(18)14-7(17)5-16(11)9-6(8(12)19)3-4-13-15-9/h3-4H,5H2,1-2H3,(H2,12,19)(H,14,17,18). The summed E-state index contributed by atoms with van der Waals surface area (Å²) in [6.07, 6.45) is 1.46. The summed E-state index contributed by atoms with van der Waals surface area (Å²) in [5.74, 6) is -0.463. The Balaban J connectivity index is 2.53. The van der Waals surface area contributed by atoms with Crippen molar-refractivity contribution in [2.24, 2.45) is 5.73 Å². The topological polar surface area (TPSA) is 101 Å². The van der Waals surface area contributed by atoms with Crippen LogP contribution in [0.4, 0.5) is 5.82 Å². The van der Waals surface area contributed by atoms with Crippen LogP contribution >= 0.6 is 12.2 Å². The quantitative estimate of drug-likeness (QED) is 0.548. The van der Waals surface area contributed by atoms with Crippen molar-refractivity contribution < 1.29 is 9.59 Å². The van der Waals surface area contributed by atoms with Crippen molar-refractivity contribution in [2.45, 2.75) is 19.4 Å². The summed E-state index contributed by atoms with van der Waals surface area (Å²) in [7, 11) is 0. The number of hydrogen-bond acceptors (Lipinski definition) is 6. The van der Waals surface area contributed by atoms with Gasteiger partial charge < -0.3 is 10.6 Å². The molecular formula is C11H13N5O2S. The second-order valence-electron chi connectivity index (χ2n) is 4.66. The van der Waals surface area contributed by atoms with Gasteiger partial charge in [-0.2, -0.15) is 5.10 Å². The van der Waals surface area contributed by atoms with E-state index in [1.807, 2.05) is 0 Å². The Morgan fingerprint density at radius 2 is 2.21 bits per heavy atom. The molecule has 7 nitrogen and oxygen atoms in total. The SMILES string of the molecule is CC1(C)C(=O)NC(=O)CN1c1nnccc1C(N)=S. The van der Waals surface area contributed by atoms with Gasteiger partial charge in [-0.05, 0) is 19.9 Å². The van der Waals surface area contributed by atoms with Crippen LogP contribution in [0.5, 0.6) is 0 Å². The number of nitrogens with one attached hydrogen (secondary N) is 1. The second-order valence-corrected chi connectivity index (χ2v) is 5.10. The Morgan fingerprint density at radius 3 is 2.84 bits per heavy atom. The number of carbonyl (C=O) groups is 2. The third kappa shape index (κ3) is 2.26. The van der Waals surface area contributed by atoms with Gasteiger partial charge in [-0.3, -0.25) is 14.9 Å². The van der Waals surface area contributed by atoms with Gasteiger partial charge in [-0.25, -0.2) is 0 Å². The lowest BCUT2D eigenvalue weighted by atomic mass is 9.98. The van der Waals surface area contributed by atoms with E-state index in [0.717, 1.165) is 0 Å². The van der Waals surface area contributed by atoms with Gasteiger partial charge in [-0.15, -0.1) is 5.10 Å². The summed E-state index contributed by atoms with van der Waals surface area (Å²) < 4.78 is 0. The van der Waals surface area contributed by atoms with Crippen molar-refractivity contribution in [3.8, 4) is 0 Å². The summed E-state index contributed by atoms with van der Waals surface area (Å²) in [4.78, 5) is 25.1. The van der Waals surface area contributed by atoms with E-state index in [1.54, 1.807) is 24.8 Å². The number of piperazine rings is 1. The highest BCUT2D eigenvalue weighted by molar-refractivity contribution is 7.80. The lowest BCUT2D eigenvalue weighted by Gasteiger charge is -2.41. The molecule has 0 saturated carbocycles. The third-order valence-electron chi connectivity index (χ3n) is 3.01. The van der Waals surface area contributed by atoms with Crippen LogP contribution in [0, 0.1) is 0 Å². The minimum absolute atomic E-state index is 0.00690. The molecule has 8 heteroatoms. The smallest absolute Gasteiger partial charge is 0.251 e. The number of amides is 2. The molecule has 1 saturated heterocycles. The van der Waals surface area contributed by atoms with Crippen LogP contribution in [-0.4, -0.2) is 39.1 Å². The van der Waals surface area contributed by atoms with E-state index in [9.17, 15) is 9.59 Å². The van der Waals surface area contributed by atoms with Crippen molar-refractivity contribution in [2.75, 3.05) is 11.4 Å². The number of imide groups is 1. The summed E-state index contributed by atoms with van der Waals surface area (Å²) >= 11 is 4.95. The maximum Gasteiger partial charge on any atom is 0.251 e. The first-order chi connectivity index (χ1) is 8.84. The molecule has 100 valence electrons. The van der Waals surface area contributed by atoms with Crippen molar-refractivity contribution in [1.29, 1.82) is 0 Å². The van der Waals surface area contributed by atoms with Gasteiger partial charge in [0.05, 0.1) is 18.3 Å². The molecule has 2 amide bonds. The molecule has 0 bridgehead atoms. The molecule has 3 N–H and O–H groups in total. The first-order valence-electron chi connectivity index (χ1n) is 5.57. The van der Waals surface area contributed by atoms with Crippen LogP contribution in [0.2, 0.25) is 0 Å². The summed E-state index contributed by atoms with van der Waals surface area (Å²) in [5, 5.41) is 10.0. The molecule has 1 aromatic heterocycles. The number of thiocarbonyl (C=S) groups is 1. The molecule has 0 aromatic carbocycles. The summed E-state index contributed by atoms with van der Waals surface area (Å²) in [5.41, 5.74) is 5.18. The molecular weight excluding hydrogens is 266 g/mol. The summed E-state index contributed by atoms with van der Waals surface area (Å²) in [6, 6.07) is 1.61. The van der Waals surface area contributed by atoms with Crippen molar-refractivity contribution in [3.63, 3.8) is 0 Å². The fourth-order valence-electron chi connectivity index (χ4n) is 1.84. The number of nitrogens with zero attached hydrogens (tertiary/aromatic N) is 3. The monoisotopic (exact) mass is 279 g/mol. The Kier molecular flexibility index (Phi) is 3.19. The Morgan fingerprint density at radius 1 is 1.53 bits per heavy atom. The number of carbonyl (C=O) groups excluding carboxylic acids is 2. The van der Waals surface area contributed by atoms with E-state index in [-0.39, 0.29) is 11.5 Å². The van der Waals surface area contributed by atoms with Gasteiger partial charge in [0.25, 0.3) is 5.91 Å². The Labute approximate surface area is 115 Å². The maximum absolute atomic E-state index is 11.9. The van der Waals surface area contributed by atoms with Crippen molar-refractivity contribution in [3.05, 3.63) is 17.8 Å². The molecule has 2 heterocycles. The zero-order valence-corrected chi connectivity index (χ0v) is 11.3. The van der Waals surface area contributed by atoms with Crippen LogP contribution in [0.15, 0.2) is 12.3 Å². The molecule has 2 rings (SSSR count). The van der Waals surface area contributed by atoms with Crippen LogP contribution in [-0.2, 0) is 9.59 Å². The van der Waals surface area contributed by atoms with Gasteiger partial charge in [0.1, 0.15) is 10.5 Å². The molecule has 0 aliphatic carbocycles. The predicted molar refractivity (Wildman–Crippen MR) is 72.5 cm³/mol. The first-order valence-corrected chi connectivity index (χ1v) is 5.98. The molecule has 0 unspecified atom stereocenters. The molecule has 1 aliphatic rings. The average Bonchev–Trinajstić information content (AvgIpc) is 2.34. The molecule has 1 aliphatic heterocycles. The Hall–Kier alpha value is -2.09. The Bertz CT molecular complexity index is 572. The highest BCUT2D eigenvalue weighted by atomic mass is 32.1. The largest absolute Gasteiger partial charge is 0.389 e. The number of aromatic nitrogens is 2. The zero-order valence-electron chi connectivity index (χ0n) is 10.5. The van der Waals surface area contributed by atoms with Gasteiger partial charge in [0, 0.05) is 0 Å². The minimum atomic E-state index is -0.941. The predicted octanol–water partition coefficient (Wildman–Crippen LogP) is -0.648. The maximum atomic E-state index is 11.9. The van der Waals surface area contributed by atoms with Crippen LogP contribution in [0.3, 0.4) is 0 Å². The fraction of sp³-hybridized carbons (Fsp3) is 0.364. The lowest BCUT2D eigenvalue weighted by Crippen LogP contribution is -2.64. The second kappa shape index (κ2) is 4.54. The third-order valence-corrected chi connectivity index (χ3v) is 3.23. The molecule has 0 atom stereocenters. The van der Waals surface area contributed by atoms with Gasteiger partial charge in [0.2, 0.25) is 5.91 Å². The minimum Gasteiger partial charge on any atom is -0.389 e. The number of hydrogen-bond donors (Lipinski definition) is 2. The molecule has 0 spiro atoms. The number of nitrogens with two attached hydrogens (primary N) is 1. The highest BCUT2D eigenvalue weighted by Gasteiger charge is 2.42. The molecule has 0 radical (unpaired) electrons. The number of rotatable bonds is 2. The molecule has 1 fully saturated rings. The highest BCUT2D eigenvalue weighted by Crippen LogP contribution is 2.27. The van der Waals surface area contributed by atoms with Crippen LogP contribution in [0.25, 0.3) is 0 Å². The van der Waals surface area contributed by atoms with E-state index in [2.05, 4.69) is 15.5 Å². The van der Waals surface area contributed by atoms with E-state index >= 15 is 0 Å². The van der Waals surface area contributed by atoms with Crippen LogP contribution in [0.1, 0.15) is 19.4 Å². The average molecular weight is 279 g/mol.